The molecule has 2 atom stereocenters. The van der Waals surface area contributed by atoms with Crippen molar-refractivity contribution in [3.8, 4) is 0 Å². The molecule has 0 aliphatic rings. The van der Waals surface area contributed by atoms with E-state index >= 15 is 0 Å². The minimum Gasteiger partial charge on any atom is -0.372 e. The van der Waals surface area contributed by atoms with Crippen LogP contribution in [-0.4, -0.2) is 19.7 Å². The molecule has 0 bridgehead atoms. The van der Waals surface area contributed by atoms with E-state index in [0.29, 0.717) is 6.04 Å². The lowest BCUT2D eigenvalue weighted by atomic mass is 9.97. The van der Waals surface area contributed by atoms with E-state index in [-0.39, 0.29) is 6.10 Å². The van der Waals surface area contributed by atoms with E-state index in [1.165, 1.54) is 11.1 Å². The largest absolute Gasteiger partial charge is 0.372 e. The molecule has 1 aromatic carbocycles. The maximum Gasteiger partial charge on any atom is 0.0977 e. The van der Waals surface area contributed by atoms with Crippen LogP contribution in [0.1, 0.15) is 38.4 Å². The van der Waals surface area contributed by atoms with Crippen molar-refractivity contribution < 1.29 is 4.74 Å². The Kier molecular flexibility index (Phi) is 6.69. The molecule has 2 nitrogen and oxygen atoms in total. The molecule has 0 spiro atoms. The third-order valence-electron chi connectivity index (χ3n) is 3.09. The number of hydrogen-bond acceptors (Lipinski definition) is 2. The zero-order chi connectivity index (χ0) is 13.4. The van der Waals surface area contributed by atoms with Gasteiger partial charge in [0.2, 0.25) is 0 Å². The molecule has 0 aromatic heterocycles. The van der Waals surface area contributed by atoms with Crippen LogP contribution in [0, 0.1) is 0 Å². The lowest BCUT2D eigenvalue weighted by Crippen LogP contribution is -2.33. The van der Waals surface area contributed by atoms with Gasteiger partial charge in [0, 0.05) is 12.6 Å². The van der Waals surface area contributed by atoms with Gasteiger partial charge in [-0.05, 0) is 39.3 Å². The monoisotopic (exact) mass is 247 g/mol. The van der Waals surface area contributed by atoms with E-state index in [1.54, 1.807) is 0 Å². The number of benzene rings is 1. The van der Waals surface area contributed by atoms with Crippen molar-refractivity contribution in [2.24, 2.45) is 0 Å². The average Bonchev–Trinajstić information content (AvgIpc) is 2.39. The molecule has 1 N–H and O–H groups in total. The zero-order valence-corrected chi connectivity index (χ0v) is 11.8. The van der Waals surface area contributed by atoms with E-state index in [0.717, 1.165) is 19.4 Å². The minimum atomic E-state index is 0.112. The molecule has 1 rings (SSSR count). The first kappa shape index (κ1) is 14.9. The molecule has 18 heavy (non-hydrogen) atoms. The summed E-state index contributed by atoms with van der Waals surface area (Å²) in [6.07, 6.45) is 2.19. The van der Waals surface area contributed by atoms with Gasteiger partial charge in [0.15, 0.2) is 0 Å². The van der Waals surface area contributed by atoms with Gasteiger partial charge in [0.1, 0.15) is 0 Å². The van der Waals surface area contributed by atoms with Gasteiger partial charge in [-0.25, -0.2) is 0 Å². The van der Waals surface area contributed by atoms with Gasteiger partial charge in [-0.15, -0.1) is 6.58 Å². The lowest BCUT2D eigenvalue weighted by molar-refractivity contribution is 0.0330. The van der Waals surface area contributed by atoms with Crippen molar-refractivity contribution in [3.05, 3.63) is 48.0 Å². The smallest absolute Gasteiger partial charge is 0.0977 e. The summed E-state index contributed by atoms with van der Waals surface area (Å²) in [6, 6.07) is 10.7. The Bertz CT molecular complexity index is 347. The number of hydrogen-bond donors (Lipinski definition) is 1. The second-order valence-corrected chi connectivity index (χ2v) is 4.68. The standard InChI is InChI=1S/C16H25NO/c1-5-18-16(14-9-7-6-8-10-14)15(17-4)12-11-13(2)3/h6-10,15-17H,2,5,11-12H2,1,3-4H3. The van der Waals surface area contributed by atoms with Crippen molar-refractivity contribution in [1.29, 1.82) is 0 Å². The second-order valence-electron chi connectivity index (χ2n) is 4.68. The van der Waals surface area contributed by atoms with E-state index in [2.05, 4.69) is 43.1 Å². The topological polar surface area (TPSA) is 21.3 Å². The summed E-state index contributed by atoms with van der Waals surface area (Å²) in [6.45, 7) is 8.82. The van der Waals surface area contributed by atoms with Gasteiger partial charge in [-0.2, -0.15) is 0 Å². The van der Waals surface area contributed by atoms with Gasteiger partial charge in [0.05, 0.1) is 6.10 Å². The van der Waals surface area contributed by atoms with Gasteiger partial charge in [-0.1, -0.05) is 35.9 Å². The predicted octanol–water partition coefficient (Wildman–Crippen LogP) is 3.71. The first-order valence-corrected chi connectivity index (χ1v) is 6.67. The summed E-state index contributed by atoms with van der Waals surface area (Å²) in [5.74, 6) is 0. The van der Waals surface area contributed by atoms with Crippen molar-refractivity contribution in [1.82, 2.24) is 5.32 Å². The van der Waals surface area contributed by atoms with Crippen LogP contribution < -0.4 is 5.32 Å². The fourth-order valence-electron chi connectivity index (χ4n) is 2.12. The van der Waals surface area contributed by atoms with Crippen LogP contribution in [0.25, 0.3) is 0 Å². The maximum absolute atomic E-state index is 5.92. The van der Waals surface area contributed by atoms with E-state index < -0.39 is 0 Å². The molecule has 0 radical (unpaired) electrons. The molecule has 0 fully saturated rings. The summed E-state index contributed by atoms with van der Waals surface area (Å²) in [5, 5.41) is 3.37. The summed E-state index contributed by atoms with van der Waals surface area (Å²) in [7, 11) is 2.00. The molecule has 0 heterocycles. The first-order chi connectivity index (χ1) is 8.69. The Morgan fingerprint density at radius 1 is 1.33 bits per heavy atom. The predicted molar refractivity (Wildman–Crippen MR) is 77.7 cm³/mol. The Hall–Kier alpha value is -1.12. The van der Waals surface area contributed by atoms with Gasteiger partial charge in [0.25, 0.3) is 0 Å². The molecule has 0 saturated carbocycles. The highest BCUT2D eigenvalue weighted by molar-refractivity contribution is 5.19. The van der Waals surface area contributed by atoms with E-state index in [9.17, 15) is 0 Å². The van der Waals surface area contributed by atoms with Gasteiger partial charge >= 0.3 is 0 Å². The quantitative estimate of drug-likeness (QED) is 0.707. The number of allylic oxidation sites excluding steroid dienone is 1. The molecule has 0 amide bonds. The first-order valence-electron chi connectivity index (χ1n) is 6.67. The van der Waals surface area contributed by atoms with Crippen molar-refractivity contribution in [2.45, 2.75) is 38.8 Å². The summed E-state index contributed by atoms with van der Waals surface area (Å²) in [5.41, 5.74) is 2.46. The highest BCUT2D eigenvalue weighted by Gasteiger charge is 2.21. The Morgan fingerprint density at radius 2 is 2.00 bits per heavy atom. The Labute approximate surface area is 111 Å². The fourth-order valence-corrected chi connectivity index (χ4v) is 2.12. The lowest BCUT2D eigenvalue weighted by Gasteiger charge is -2.27. The highest BCUT2D eigenvalue weighted by Crippen LogP contribution is 2.24. The third kappa shape index (κ3) is 4.63. The van der Waals surface area contributed by atoms with Crippen molar-refractivity contribution in [3.63, 3.8) is 0 Å². The molecule has 0 aliphatic heterocycles. The maximum atomic E-state index is 5.92. The third-order valence-corrected chi connectivity index (χ3v) is 3.09. The van der Waals surface area contributed by atoms with Crippen LogP contribution in [0.2, 0.25) is 0 Å². The average molecular weight is 247 g/mol. The zero-order valence-electron chi connectivity index (χ0n) is 11.8. The summed E-state index contributed by atoms with van der Waals surface area (Å²) < 4.78 is 5.92. The van der Waals surface area contributed by atoms with Crippen LogP contribution in [0.4, 0.5) is 0 Å². The normalized spacial score (nSPS) is 14.2. The van der Waals surface area contributed by atoms with E-state index in [4.69, 9.17) is 4.74 Å². The molecule has 0 aliphatic carbocycles. The number of likely N-dealkylation sites (N-methyl/N-ethyl adjacent to an activating group) is 1. The van der Waals surface area contributed by atoms with Crippen molar-refractivity contribution >= 4 is 0 Å². The molecule has 1 aromatic rings. The molecular weight excluding hydrogens is 222 g/mol. The van der Waals surface area contributed by atoms with Crippen LogP contribution in [0.5, 0.6) is 0 Å². The van der Waals surface area contributed by atoms with Crippen molar-refractivity contribution in [2.75, 3.05) is 13.7 Å². The number of ether oxygens (including phenoxy) is 1. The highest BCUT2D eigenvalue weighted by atomic mass is 16.5. The Balaban J connectivity index is 2.78. The number of rotatable bonds is 8. The van der Waals surface area contributed by atoms with Gasteiger partial charge in [-0.3, -0.25) is 0 Å². The molecule has 100 valence electrons. The number of nitrogens with one attached hydrogen (secondary N) is 1. The van der Waals surface area contributed by atoms with Crippen LogP contribution in [-0.2, 0) is 4.74 Å². The van der Waals surface area contributed by atoms with Crippen LogP contribution in [0.3, 0.4) is 0 Å². The fraction of sp³-hybridized carbons (Fsp3) is 0.500. The van der Waals surface area contributed by atoms with E-state index in [1.807, 2.05) is 20.0 Å². The molecular formula is C16H25NO. The molecule has 2 heteroatoms. The minimum absolute atomic E-state index is 0.112. The Morgan fingerprint density at radius 3 is 2.50 bits per heavy atom. The second kappa shape index (κ2) is 8.06. The van der Waals surface area contributed by atoms with Crippen LogP contribution in [0.15, 0.2) is 42.5 Å². The molecule has 0 saturated heterocycles. The SMILES string of the molecule is C=C(C)CCC(NC)C(OCC)c1ccccc1. The molecule has 2 unspecified atom stereocenters. The van der Waals surface area contributed by atoms with Gasteiger partial charge < -0.3 is 10.1 Å². The summed E-state index contributed by atoms with van der Waals surface area (Å²) >= 11 is 0. The van der Waals surface area contributed by atoms with Crippen LogP contribution >= 0.6 is 0 Å². The summed E-state index contributed by atoms with van der Waals surface area (Å²) in [4.78, 5) is 0.